The minimum Gasteiger partial charge on any atom is -0.351 e. The number of nitrogens with one attached hydrogen (secondary N) is 3. The number of aromatic nitrogens is 1. The minimum absolute atomic E-state index is 0.146. The zero-order chi connectivity index (χ0) is 21.3. The van der Waals surface area contributed by atoms with Crippen LogP contribution in [0.3, 0.4) is 0 Å². The molecule has 1 heterocycles. The summed E-state index contributed by atoms with van der Waals surface area (Å²) in [6.45, 7) is 4.00. The van der Waals surface area contributed by atoms with Crippen LogP contribution < -0.4 is 10.0 Å². The fraction of sp³-hybridized carbons (Fsp3) is 0.0870. The highest BCUT2D eigenvalue weighted by atomic mass is 32.2. The summed E-state index contributed by atoms with van der Waals surface area (Å²) >= 11 is 0. The molecule has 0 atom stereocenters. The quantitative estimate of drug-likeness (QED) is 0.432. The summed E-state index contributed by atoms with van der Waals surface area (Å²) in [6.07, 6.45) is 0. The lowest BCUT2D eigenvalue weighted by Gasteiger charge is -2.13. The summed E-state index contributed by atoms with van der Waals surface area (Å²) in [6, 6.07) is 20.6. The van der Waals surface area contributed by atoms with E-state index in [4.69, 9.17) is 0 Å². The van der Waals surface area contributed by atoms with Crippen LogP contribution >= 0.6 is 0 Å². The molecule has 0 aliphatic carbocycles. The number of aryl methyl sites for hydroxylation is 2. The normalized spacial score (nSPS) is 11.4. The topological polar surface area (TPSA) is 91.1 Å². The van der Waals surface area contributed by atoms with E-state index < -0.39 is 10.0 Å². The SMILES string of the molecule is Cc1cc(C)c2cc(C(=O)Nc3ccccc3NS(=O)(=O)c3ccccc3)[nH]c2c1. The molecule has 0 bridgehead atoms. The summed E-state index contributed by atoms with van der Waals surface area (Å²) in [7, 11) is -3.78. The number of hydrogen-bond acceptors (Lipinski definition) is 3. The third-order valence-electron chi connectivity index (χ3n) is 4.81. The largest absolute Gasteiger partial charge is 0.351 e. The van der Waals surface area contributed by atoms with Crippen molar-refractivity contribution in [3.63, 3.8) is 0 Å². The fourth-order valence-electron chi connectivity index (χ4n) is 3.40. The van der Waals surface area contributed by atoms with Crippen LogP contribution in [0.5, 0.6) is 0 Å². The van der Waals surface area contributed by atoms with Gasteiger partial charge in [-0.15, -0.1) is 0 Å². The Morgan fingerprint density at radius 2 is 1.53 bits per heavy atom. The molecule has 0 aliphatic rings. The van der Waals surface area contributed by atoms with Crippen LogP contribution in [0.2, 0.25) is 0 Å². The number of aromatic amines is 1. The lowest BCUT2D eigenvalue weighted by atomic mass is 10.1. The third-order valence-corrected chi connectivity index (χ3v) is 6.19. The van der Waals surface area contributed by atoms with Crippen LogP contribution in [0.4, 0.5) is 11.4 Å². The Morgan fingerprint density at radius 1 is 0.867 bits per heavy atom. The van der Waals surface area contributed by atoms with Gasteiger partial charge in [0.15, 0.2) is 0 Å². The van der Waals surface area contributed by atoms with Crippen LogP contribution in [0.15, 0.2) is 77.7 Å². The molecule has 0 aliphatic heterocycles. The van der Waals surface area contributed by atoms with E-state index in [2.05, 4.69) is 21.1 Å². The van der Waals surface area contributed by atoms with Crippen molar-refractivity contribution in [1.82, 2.24) is 4.98 Å². The molecule has 4 aromatic rings. The Kier molecular flexibility index (Phi) is 5.05. The number of benzene rings is 3. The highest BCUT2D eigenvalue weighted by Gasteiger charge is 2.17. The fourth-order valence-corrected chi connectivity index (χ4v) is 4.50. The Labute approximate surface area is 175 Å². The maximum Gasteiger partial charge on any atom is 0.272 e. The van der Waals surface area contributed by atoms with E-state index >= 15 is 0 Å². The van der Waals surface area contributed by atoms with Gasteiger partial charge in [-0.3, -0.25) is 9.52 Å². The average Bonchev–Trinajstić information content (AvgIpc) is 3.14. The van der Waals surface area contributed by atoms with Crippen molar-refractivity contribution in [3.8, 4) is 0 Å². The molecule has 6 nitrogen and oxygen atoms in total. The molecule has 0 saturated heterocycles. The Balaban J connectivity index is 1.62. The first kappa shape index (κ1) is 19.7. The van der Waals surface area contributed by atoms with Crippen LogP contribution in [0, 0.1) is 13.8 Å². The molecule has 0 spiro atoms. The molecular weight excluding hydrogens is 398 g/mol. The Hall–Kier alpha value is -3.58. The number of amides is 1. The van der Waals surface area contributed by atoms with Gasteiger partial charge in [0.25, 0.3) is 15.9 Å². The van der Waals surface area contributed by atoms with Crippen LogP contribution in [-0.2, 0) is 10.0 Å². The standard InChI is InChI=1S/C23H21N3O3S/c1-15-12-16(2)18-14-22(24-21(18)13-15)23(27)25-19-10-6-7-11-20(19)26-30(28,29)17-8-4-3-5-9-17/h3-14,24,26H,1-2H3,(H,25,27). The second-order valence-corrected chi connectivity index (χ2v) is 8.83. The van der Waals surface area contributed by atoms with Crippen molar-refractivity contribution in [2.75, 3.05) is 10.0 Å². The number of para-hydroxylation sites is 2. The van der Waals surface area contributed by atoms with E-state index in [1.54, 1.807) is 48.5 Å². The lowest BCUT2D eigenvalue weighted by Crippen LogP contribution is -2.17. The molecule has 0 saturated carbocycles. The summed E-state index contributed by atoms with van der Waals surface area (Å²) < 4.78 is 27.9. The second kappa shape index (κ2) is 7.68. The van der Waals surface area contributed by atoms with Gasteiger partial charge in [0.2, 0.25) is 0 Å². The predicted octanol–water partition coefficient (Wildman–Crippen LogP) is 4.84. The highest BCUT2D eigenvalue weighted by Crippen LogP contribution is 2.26. The average molecular weight is 420 g/mol. The van der Waals surface area contributed by atoms with Crippen LogP contribution in [0.25, 0.3) is 10.9 Å². The molecule has 3 aromatic carbocycles. The smallest absolute Gasteiger partial charge is 0.272 e. The van der Waals surface area contributed by atoms with Gasteiger partial charge in [-0.1, -0.05) is 36.4 Å². The number of H-pyrrole nitrogens is 1. The number of rotatable bonds is 5. The molecule has 1 amide bonds. The van der Waals surface area contributed by atoms with E-state index in [-0.39, 0.29) is 16.5 Å². The maximum atomic E-state index is 12.8. The van der Waals surface area contributed by atoms with Crippen LogP contribution in [0.1, 0.15) is 21.6 Å². The van der Waals surface area contributed by atoms with Gasteiger partial charge in [0, 0.05) is 10.9 Å². The number of carbonyl (C=O) groups excluding carboxylic acids is 1. The van der Waals surface area contributed by atoms with Gasteiger partial charge in [-0.05, 0) is 61.4 Å². The molecule has 3 N–H and O–H groups in total. The number of carbonyl (C=O) groups is 1. The number of anilines is 2. The first-order valence-electron chi connectivity index (χ1n) is 9.42. The molecule has 4 rings (SSSR count). The van der Waals surface area contributed by atoms with E-state index in [1.165, 1.54) is 12.1 Å². The van der Waals surface area contributed by atoms with Crippen molar-refractivity contribution in [2.24, 2.45) is 0 Å². The van der Waals surface area contributed by atoms with Gasteiger partial charge in [0.1, 0.15) is 5.69 Å². The summed E-state index contributed by atoms with van der Waals surface area (Å²) in [4.78, 5) is 16.1. The van der Waals surface area contributed by atoms with Crippen molar-refractivity contribution in [1.29, 1.82) is 0 Å². The highest BCUT2D eigenvalue weighted by molar-refractivity contribution is 7.92. The molecular formula is C23H21N3O3S. The summed E-state index contributed by atoms with van der Waals surface area (Å²) in [5.74, 6) is -0.352. The lowest BCUT2D eigenvalue weighted by molar-refractivity contribution is 0.102. The first-order valence-corrected chi connectivity index (χ1v) is 10.9. The van der Waals surface area contributed by atoms with Gasteiger partial charge in [0.05, 0.1) is 16.3 Å². The van der Waals surface area contributed by atoms with E-state index in [9.17, 15) is 13.2 Å². The number of sulfonamides is 1. The Bertz CT molecular complexity index is 1340. The zero-order valence-corrected chi connectivity index (χ0v) is 17.4. The van der Waals surface area contributed by atoms with Crippen LogP contribution in [-0.4, -0.2) is 19.3 Å². The van der Waals surface area contributed by atoms with Crippen molar-refractivity contribution in [3.05, 3.63) is 89.6 Å². The van der Waals surface area contributed by atoms with Gasteiger partial charge < -0.3 is 10.3 Å². The second-order valence-electron chi connectivity index (χ2n) is 7.14. The van der Waals surface area contributed by atoms with Crippen molar-refractivity contribution >= 4 is 38.2 Å². The molecule has 0 fully saturated rings. The van der Waals surface area contributed by atoms with Gasteiger partial charge >= 0.3 is 0 Å². The van der Waals surface area contributed by atoms with E-state index in [1.807, 2.05) is 19.9 Å². The van der Waals surface area contributed by atoms with Crippen molar-refractivity contribution in [2.45, 2.75) is 18.7 Å². The summed E-state index contributed by atoms with van der Waals surface area (Å²) in [5.41, 5.74) is 4.13. The molecule has 1 aromatic heterocycles. The first-order chi connectivity index (χ1) is 14.3. The number of hydrogen-bond donors (Lipinski definition) is 3. The monoisotopic (exact) mass is 419 g/mol. The van der Waals surface area contributed by atoms with Gasteiger partial charge in [-0.2, -0.15) is 0 Å². The molecule has 30 heavy (non-hydrogen) atoms. The van der Waals surface area contributed by atoms with E-state index in [0.717, 1.165) is 22.0 Å². The summed E-state index contributed by atoms with van der Waals surface area (Å²) in [5, 5.41) is 3.77. The number of fused-ring (bicyclic) bond motifs is 1. The van der Waals surface area contributed by atoms with Gasteiger partial charge in [-0.25, -0.2) is 8.42 Å². The van der Waals surface area contributed by atoms with E-state index in [0.29, 0.717) is 11.4 Å². The molecule has 7 heteroatoms. The molecule has 152 valence electrons. The minimum atomic E-state index is -3.78. The zero-order valence-electron chi connectivity index (χ0n) is 16.6. The molecule has 0 unspecified atom stereocenters. The molecule has 0 radical (unpaired) electrons. The predicted molar refractivity (Wildman–Crippen MR) is 119 cm³/mol. The van der Waals surface area contributed by atoms with Crippen molar-refractivity contribution < 1.29 is 13.2 Å². The maximum absolute atomic E-state index is 12.8. The Morgan fingerprint density at radius 3 is 2.27 bits per heavy atom. The third kappa shape index (κ3) is 3.92.